The highest BCUT2D eigenvalue weighted by Crippen LogP contribution is 2.29. The van der Waals surface area contributed by atoms with E-state index < -0.39 is 5.60 Å². The monoisotopic (exact) mass is 381 g/mol. The summed E-state index contributed by atoms with van der Waals surface area (Å²) in [5.74, 6) is 1.01. The van der Waals surface area contributed by atoms with Crippen LogP contribution >= 0.6 is 0 Å². The number of pyridine rings is 1. The Kier molecular flexibility index (Phi) is 4.38. The fourth-order valence-electron chi connectivity index (χ4n) is 2.99. The van der Waals surface area contributed by atoms with E-state index in [9.17, 15) is 9.90 Å². The molecule has 1 amide bonds. The van der Waals surface area contributed by atoms with Crippen molar-refractivity contribution < 1.29 is 9.90 Å². The average Bonchev–Trinajstić information content (AvgIpc) is 3.36. The molecule has 1 aliphatic rings. The number of hydrogen-bond acceptors (Lipinski definition) is 7. The first-order valence-electron chi connectivity index (χ1n) is 9.19. The molecule has 1 saturated carbocycles. The molecule has 1 fully saturated rings. The SMILES string of the molecule is CNc1cc(Nc2cccnc2C(C)(C)O)nc2c(C(=O)NC3CC3)cnn12. The molecule has 0 aromatic carbocycles. The van der Waals surface area contributed by atoms with E-state index >= 15 is 0 Å². The van der Waals surface area contributed by atoms with Gasteiger partial charge in [-0.1, -0.05) is 0 Å². The molecule has 9 heteroatoms. The summed E-state index contributed by atoms with van der Waals surface area (Å²) < 4.78 is 1.59. The molecular weight excluding hydrogens is 358 g/mol. The second kappa shape index (κ2) is 6.75. The number of aromatic nitrogens is 4. The Morgan fingerprint density at radius 2 is 2.14 bits per heavy atom. The van der Waals surface area contributed by atoms with Gasteiger partial charge in [-0.15, -0.1) is 0 Å². The molecule has 4 N–H and O–H groups in total. The van der Waals surface area contributed by atoms with Gasteiger partial charge < -0.3 is 21.1 Å². The Morgan fingerprint density at radius 3 is 2.82 bits per heavy atom. The number of fused-ring (bicyclic) bond motifs is 1. The highest BCUT2D eigenvalue weighted by Gasteiger charge is 2.26. The van der Waals surface area contributed by atoms with E-state index in [0.717, 1.165) is 12.8 Å². The van der Waals surface area contributed by atoms with Crippen LogP contribution < -0.4 is 16.0 Å². The van der Waals surface area contributed by atoms with Crippen molar-refractivity contribution in [2.75, 3.05) is 17.7 Å². The largest absolute Gasteiger partial charge is 0.384 e. The fourth-order valence-corrected chi connectivity index (χ4v) is 2.99. The Morgan fingerprint density at radius 1 is 1.36 bits per heavy atom. The van der Waals surface area contributed by atoms with Gasteiger partial charge in [-0.05, 0) is 38.8 Å². The van der Waals surface area contributed by atoms with Crippen LogP contribution in [0.25, 0.3) is 5.65 Å². The molecule has 9 nitrogen and oxygen atoms in total. The summed E-state index contributed by atoms with van der Waals surface area (Å²) in [7, 11) is 1.77. The van der Waals surface area contributed by atoms with Crippen molar-refractivity contribution in [1.82, 2.24) is 24.9 Å². The minimum Gasteiger partial charge on any atom is -0.384 e. The number of hydrogen-bond donors (Lipinski definition) is 4. The summed E-state index contributed by atoms with van der Waals surface area (Å²) in [6.07, 6.45) is 5.17. The van der Waals surface area contributed by atoms with Gasteiger partial charge >= 0.3 is 0 Å². The van der Waals surface area contributed by atoms with Crippen molar-refractivity contribution in [2.45, 2.75) is 38.3 Å². The number of nitrogens with zero attached hydrogens (tertiary/aromatic N) is 4. The first kappa shape index (κ1) is 18.2. The van der Waals surface area contributed by atoms with E-state index in [4.69, 9.17) is 0 Å². The molecule has 4 rings (SSSR count). The van der Waals surface area contributed by atoms with Crippen molar-refractivity contribution >= 4 is 28.9 Å². The van der Waals surface area contributed by atoms with E-state index in [1.54, 1.807) is 43.7 Å². The predicted molar refractivity (Wildman–Crippen MR) is 106 cm³/mol. The lowest BCUT2D eigenvalue weighted by Gasteiger charge is -2.20. The molecule has 146 valence electrons. The summed E-state index contributed by atoms with van der Waals surface area (Å²) in [5.41, 5.74) is 0.883. The topological polar surface area (TPSA) is 116 Å². The van der Waals surface area contributed by atoms with Gasteiger partial charge in [0, 0.05) is 25.4 Å². The van der Waals surface area contributed by atoms with Gasteiger partial charge in [0.15, 0.2) is 5.65 Å². The number of aliphatic hydroxyl groups is 1. The number of carbonyl (C=O) groups excluding carboxylic acids is 1. The first-order valence-corrected chi connectivity index (χ1v) is 9.19. The molecule has 0 aliphatic heterocycles. The number of amides is 1. The Hall–Kier alpha value is -3.20. The second-order valence-electron chi connectivity index (χ2n) is 7.40. The van der Waals surface area contributed by atoms with Gasteiger partial charge in [-0.3, -0.25) is 9.78 Å². The predicted octanol–water partition coefficient (Wildman–Crippen LogP) is 2.03. The number of anilines is 3. The van der Waals surface area contributed by atoms with Crippen LogP contribution in [0.15, 0.2) is 30.6 Å². The number of nitrogens with one attached hydrogen (secondary N) is 3. The van der Waals surface area contributed by atoms with Crippen molar-refractivity contribution in [1.29, 1.82) is 0 Å². The second-order valence-corrected chi connectivity index (χ2v) is 7.40. The maximum atomic E-state index is 12.5. The van der Waals surface area contributed by atoms with Crippen molar-refractivity contribution in [2.24, 2.45) is 0 Å². The molecule has 28 heavy (non-hydrogen) atoms. The standard InChI is InChI=1S/C19H23N7O2/c1-19(2,28)16-13(5-4-8-21-16)24-14-9-15(20-3)26-17(25-14)12(10-22-26)18(27)23-11-6-7-11/h4-5,8-11,20,28H,6-7H2,1-3H3,(H,23,27)(H,24,25). The van der Waals surface area contributed by atoms with Crippen LogP contribution in [0.2, 0.25) is 0 Å². The van der Waals surface area contributed by atoms with Gasteiger partial charge in [0.1, 0.15) is 22.8 Å². The molecule has 0 saturated heterocycles. The Labute approximate surface area is 162 Å². The van der Waals surface area contributed by atoms with Crippen molar-refractivity contribution in [3.8, 4) is 0 Å². The molecule has 0 spiro atoms. The van der Waals surface area contributed by atoms with E-state index in [0.29, 0.717) is 34.2 Å². The highest BCUT2D eigenvalue weighted by atomic mass is 16.3. The van der Waals surface area contributed by atoms with Crippen LogP contribution in [0.3, 0.4) is 0 Å². The molecular formula is C19H23N7O2. The van der Waals surface area contributed by atoms with Crippen LogP contribution in [0, 0.1) is 0 Å². The molecule has 3 heterocycles. The molecule has 3 aromatic heterocycles. The average molecular weight is 381 g/mol. The van der Waals surface area contributed by atoms with Gasteiger partial charge in [-0.25, -0.2) is 4.98 Å². The van der Waals surface area contributed by atoms with Crippen LogP contribution in [0.1, 0.15) is 42.7 Å². The molecule has 0 bridgehead atoms. The molecule has 0 unspecified atom stereocenters. The third kappa shape index (κ3) is 3.48. The van der Waals surface area contributed by atoms with Crippen LogP contribution in [0.4, 0.5) is 17.3 Å². The van der Waals surface area contributed by atoms with Gasteiger partial charge in [0.2, 0.25) is 0 Å². The summed E-state index contributed by atoms with van der Waals surface area (Å²) in [5, 5.41) is 23.9. The lowest BCUT2D eigenvalue weighted by atomic mass is 10.0. The zero-order chi connectivity index (χ0) is 19.9. The minimum atomic E-state index is -1.12. The van der Waals surface area contributed by atoms with Crippen molar-refractivity contribution in [3.63, 3.8) is 0 Å². The van der Waals surface area contributed by atoms with Crippen LogP contribution in [-0.2, 0) is 5.60 Å². The maximum Gasteiger partial charge on any atom is 0.256 e. The van der Waals surface area contributed by atoms with E-state index in [1.807, 2.05) is 6.07 Å². The minimum absolute atomic E-state index is 0.178. The number of rotatable bonds is 6. The van der Waals surface area contributed by atoms with E-state index in [1.165, 1.54) is 6.20 Å². The number of carbonyl (C=O) groups is 1. The zero-order valence-electron chi connectivity index (χ0n) is 16.0. The van der Waals surface area contributed by atoms with Gasteiger partial charge in [0.05, 0.1) is 17.6 Å². The maximum absolute atomic E-state index is 12.5. The lowest BCUT2D eigenvalue weighted by Crippen LogP contribution is -2.25. The zero-order valence-corrected chi connectivity index (χ0v) is 16.0. The third-order valence-electron chi connectivity index (χ3n) is 4.54. The fraction of sp³-hybridized carbons (Fsp3) is 0.368. The summed E-state index contributed by atoms with van der Waals surface area (Å²) in [4.78, 5) is 21.4. The molecule has 0 radical (unpaired) electrons. The quantitative estimate of drug-likeness (QED) is 0.516. The highest BCUT2D eigenvalue weighted by molar-refractivity contribution is 6.00. The van der Waals surface area contributed by atoms with E-state index in [2.05, 4.69) is 31.0 Å². The van der Waals surface area contributed by atoms with Crippen molar-refractivity contribution in [3.05, 3.63) is 41.9 Å². The van der Waals surface area contributed by atoms with E-state index in [-0.39, 0.29) is 11.9 Å². The smallest absolute Gasteiger partial charge is 0.256 e. The first-order chi connectivity index (χ1) is 13.4. The Balaban J connectivity index is 1.75. The Bertz CT molecular complexity index is 1030. The van der Waals surface area contributed by atoms with Crippen LogP contribution in [-0.4, -0.2) is 43.7 Å². The molecule has 0 atom stereocenters. The van der Waals surface area contributed by atoms with Gasteiger partial charge in [0.25, 0.3) is 5.91 Å². The third-order valence-corrected chi connectivity index (χ3v) is 4.54. The van der Waals surface area contributed by atoms with Crippen LogP contribution in [0.5, 0.6) is 0 Å². The molecule has 1 aliphatic carbocycles. The summed E-state index contributed by atoms with van der Waals surface area (Å²) >= 11 is 0. The normalized spacial score (nSPS) is 14.1. The summed E-state index contributed by atoms with van der Waals surface area (Å²) in [6, 6.07) is 5.63. The lowest BCUT2D eigenvalue weighted by molar-refractivity contribution is 0.0747. The van der Waals surface area contributed by atoms with Gasteiger partial charge in [-0.2, -0.15) is 9.61 Å². The molecule has 3 aromatic rings. The summed E-state index contributed by atoms with van der Waals surface area (Å²) in [6.45, 7) is 3.35.